The highest BCUT2D eigenvalue weighted by molar-refractivity contribution is 9.10. The molecule has 0 radical (unpaired) electrons. The lowest BCUT2D eigenvalue weighted by molar-refractivity contribution is 0.338. The van der Waals surface area contributed by atoms with E-state index in [2.05, 4.69) is 26.1 Å². The molecule has 0 atom stereocenters. The van der Waals surface area contributed by atoms with Crippen molar-refractivity contribution in [3.63, 3.8) is 0 Å². The van der Waals surface area contributed by atoms with Gasteiger partial charge in [0.2, 0.25) is 5.88 Å². The average Bonchev–Trinajstić information content (AvgIpc) is 3.36. The molecule has 0 unspecified atom stereocenters. The molecule has 0 saturated heterocycles. The minimum Gasteiger partial charge on any atom is -0.493 e. The first-order valence-electron chi connectivity index (χ1n) is 9.22. The maximum absolute atomic E-state index is 12.1. The lowest BCUT2D eigenvalue weighted by Crippen LogP contribution is -2.05. The van der Waals surface area contributed by atoms with Gasteiger partial charge in [-0.1, -0.05) is 35.6 Å². The van der Waals surface area contributed by atoms with Gasteiger partial charge in [0.15, 0.2) is 0 Å². The molecule has 1 N–H and O–H groups in total. The predicted molar refractivity (Wildman–Crippen MR) is 125 cm³/mol. The maximum atomic E-state index is 12.1. The summed E-state index contributed by atoms with van der Waals surface area (Å²) in [6.45, 7) is 2.54. The molecule has 2 aromatic carbocycles. The second-order valence-corrected chi connectivity index (χ2v) is 8.37. The summed E-state index contributed by atoms with van der Waals surface area (Å²) in [6.07, 6.45) is 3.25. The molecular formula is C22H18BrN3O3S. The van der Waals surface area contributed by atoms with Gasteiger partial charge in [0.25, 0.3) is 0 Å². The maximum Gasteiger partial charge on any atom is 0.310 e. The fourth-order valence-corrected chi connectivity index (χ4v) is 4.65. The normalized spacial score (nSPS) is 12.6. The standard InChI is InChI=1S/C22H18BrN3O3S/c1-3-29-18-8-7-14(10-17(18)23)13-5-4-6-15(9-13)19(16-11-24-25-12-16)20-21(27)26(2)22(28)30-20/h4-12,27H,3H2,1-2H3. The van der Waals surface area contributed by atoms with Crippen LogP contribution in [0.25, 0.3) is 16.7 Å². The second-order valence-electron chi connectivity index (χ2n) is 6.56. The number of aromatic nitrogens is 1. The van der Waals surface area contributed by atoms with Gasteiger partial charge in [0.1, 0.15) is 10.6 Å². The van der Waals surface area contributed by atoms with Gasteiger partial charge in [-0.05, 0) is 57.7 Å². The Morgan fingerprint density at radius 2 is 1.90 bits per heavy atom. The lowest BCUT2D eigenvalue weighted by Gasteiger charge is -2.12. The van der Waals surface area contributed by atoms with Crippen LogP contribution in [-0.2, 0) is 7.05 Å². The van der Waals surface area contributed by atoms with Crippen LogP contribution in [0.15, 0.2) is 67.5 Å². The fraction of sp³-hybridized carbons (Fsp3) is 0.136. The van der Waals surface area contributed by atoms with Crippen LogP contribution in [0.5, 0.6) is 11.6 Å². The van der Waals surface area contributed by atoms with E-state index in [9.17, 15) is 9.90 Å². The van der Waals surface area contributed by atoms with Crippen LogP contribution in [-0.4, -0.2) is 28.7 Å². The zero-order valence-electron chi connectivity index (χ0n) is 16.3. The van der Waals surface area contributed by atoms with Crippen LogP contribution < -0.4 is 9.61 Å². The molecule has 6 nitrogen and oxygen atoms in total. The second kappa shape index (κ2) is 8.41. The summed E-state index contributed by atoms with van der Waals surface area (Å²) in [4.78, 5) is 12.4. The van der Waals surface area contributed by atoms with Crippen LogP contribution in [0.1, 0.15) is 17.4 Å². The van der Waals surface area contributed by atoms with Gasteiger partial charge in [0.05, 0.1) is 23.5 Å². The Kier molecular flexibility index (Phi) is 5.69. The molecule has 0 fully saturated rings. The van der Waals surface area contributed by atoms with E-state index in [4.69, 9.17) is 4.74 Å². The summed E-state index contributed by atoms with van der Waals surface area (Å²) in [7, 11) is 1.55. The first-order valence-corrected chi connectivity index (χ1v) is 10.8. The SMILES string of the molecule is CCOc1ccc(-c2cccc(C(=C3C=NN=C3)c3sc(=O)n(C)c3O)c2)cc1Br. The van der Waals surface area contributed by atoms with E-state index >= 15 is 0 Å². The van der Waals surface area contributed by atoms with Gasteiger partial charge in [0, 0.05) is 18.2 Å². The van der Waals surface area contributed by atoms with Crippen molar-refractivity contribution in [3.8, 4) is 22.8 Å². The quantitative estimate of drug-likeness (QED) is 0.563. The highest BCUT2D eigenvalue weighted by Gasteiger charge is 2.21. The van der Waals surface area contributed by atoms with E-state index < -0.39 is 0 Å². The van der Waals surface area contributed by atoms with Crippen LogP contribution >= 0.6 is 27.3 Å². The summed E-state index contributed by atoms with van der Waals surface area (Å²) in [5.74, 6) is 0.716. The molecule has 0 aliphatic carbocycles. The zero-order chi connectivity index (χ0) is 21.3. The van der Waals surface area contributed by atoms with Crippen LogP contribution in [0.2, 0.25) is 0 Å². The molecule has 1 aromatic heterocycles. The van der Waals surface area contributed by atoms with Crippen molar-refractivity contribution < 1.29 is 9.84 Å². The summed E-state index contributed by atoms with van der Waals surface area (Å²) < 4.78 is 7.71. The molecule has 2 heterocycles. The number of hydrogen-bond donors (Lipinski definition) is 1. The Morgan fingerprint density at radius 3 is 2.53 bits per heavy atom. The predicted octanol–water partition coefficient (Wildman–Crippen LogP) is 4.85. The number of hydrogen-bond acceptors (Lipinski definition) is 6. The van der Waals surface area contributed by atoms with Crippen molar-refractivity contribution in [1.29, 1.82) is 0 Å². The summed E-state index contributed by atoms with van der Waals surface area (Å²) >= 11 is 4.56. The minimum atomic E-state index is -0.237. The van der Waals surface area contributed by atoms with Crippen molar-refractivity contribution in [3.05, 3.63) is 72.6 Å². The Morgan fingerprint density at radius 1 is 1.17 bits per heavy atom. The third-order valence-electron chi connectivity index (χ3n) is 4.68. The van der Waals surface area contributed by atoms with Crippen LogP contribution in [0.3, 0.4) is 0 Å². The van der Waals surface area contributed by atoms with Crippen molar-refractivity contribution in [2.24, 2.45) is 17.3 Å². The van der Waals surface area contributed by atoms with Gasteiger partial charge in [-0.2, -0.15) is 10.2 Å². The summed E-state index contributed by atoms with van der Waals surface area (Å²) in [5.41, 5.74) is 4.30. The Labute approximate surface area is 185 Å². The van der Waals surface area contributed by atoms with E-state index in [1.54, 1.807) is 19.5 Å². The molecule has 1 aliphatic rings. The van der Waals surface area contributed by atoms with Crippen LogP contribution in [0, 0.1) is 0 Å². The third kappa shape index (κ3) is 3.76. The van der Waals surface area contributed by atoms with Crippen molar-refractivity contribution in [2.75, 3.05) is 6.61 Å². The molecule has 152 valence electrons. The molecule has 0 bridgehead atoms. The highest BCUT2D eigenvalue weighted by Crippen LogP contribution is 2.37. The third-order valence-corrected chi connectivity index (χ3v) is 6.34. The number of rotatable bonds is 5. The van der Waals surface area contributed by atoms with Crippen molar-refractivity contribution in [2.45, 2.75) is 6.92 Å². The lowest BCUT2D eigenvalue weighted by atomic mass is 9.95. The first-order chi connectivity index (χ1) is 14.5. The van der Waals surface area contributed by atoms with Gasteiger partial charge >= 0.3 is 4.87 Å². The number of allylic oxidation sites excluding steroid dienone is 1. The monoisotopic (exact) mass is 483 g/mol. The topological polar surface area (TPSA) is 76.2 Å². The molecule has 0 saturated carbocycles. The van der Waals surface area contributed by atoms with E-state index in [0.717, 1.165) is 43.8 Å². The van der Waals surface area contributed by atoms with Crippen LogP contribution in [0.4, 0.5) is 0 Å². The van der Waals surface area contributed by atoms with Gasteiger partial charge in [-0.25, -0.2) is 0 Å². The molecule has 30 heavy (non-hydrogen) atoms. The minimum absolute atomic E-state index is 0.0737. The van der Waals surface area contributed by atoms with Gasteiger partial charge in [-0.3, -0.25) is 9.36 Å². The first kappa shape index (κ1) is 20.3. The Balaban J connectivity index is 1.85. The Hall–Kier alpha value is -2.97. The van der Waals surface area contributed by atoms with E-state index in [-0.39, 0.29) is 10.8 Å². The molecule has 3 aromatic rings. The number of ether oxygens (including phenoxy) is 1. The van der Waals surface area contributed by atoms with Gasteiger partial charge < -0.3 is 9.84 Å². The number of benzene rings is 2. The van der Waals surface area contributed by atoms with E-state index in [0.29, 0.717) is 17.1 Å². The molecular weight excluding hydrogens is 466 g/mol. The summed E-state index contributed by atoms with van der Waals surface area (Å²) in [5, 5.41) is 18.4. The largest absolute Gasteiger partial charge is 0.493 e. The zero-order valence-corrected chi connectivity index (χ0v) is 18.7. The number of aromatic hydroxyl groups is 1. The van der Waals surface area contributed by atoms with E-state index in [1.165, 1.54) is 4.57 Å². The Bertz CT molecular complexity index is 1260. The number of halogens is 1. The highest BCUT2D eigenvalue weighted by atomic mass is 79.9. The molecule has 0 spiro atoms. The molecule has 0 amide bonds. The van der Waals surface area contributed by atoms with Gasteiger partial charge in [-0.15, -0.1) is 0 Å². The molecule has 8 heteroatoms. The average molecular weight is 484 g/mol. The fourth-order valence-electron chi connectivity index (χ4n) is 3.19. The number of thiazole rings is 1. The number of nitrogens with zero attached hydrogens (tertiary/aromatic N) is 3. The molecule has 1 aliphatic heterocycles. The molecule has 4 rings (SSSR count). The smallest absolute Gasteiger partial charge is 0.310 e. The summed E-state index contributed by atoms with van der Waals surface area (Å²) in [6, 6.07) is 13.9. The van der Waals surface area contributed by atoms with Crippen molar-refractivity contribution >= 4 is 45.3 Å². The van der Waals surface area contributed by atoms with E-state index in [1.807, 2.05) is 49.4 Å². The van der Waals surface area contributed by atoms with Crippen molar-refractivity contribution in [1.82, 2.24) is 4.57 Å².